The molecule has 1 aromatic rings. The molecule has 0 aromatic heterocycles. The summed E-state index contributed by atoms with van der Waals surface area (Å²) in [6.07, 6.45) is 4.40. The second-order valence-electron chi connectivity index (χ2n) is 2.37. The molecular weight excluding hydrogens is 186 g/mol. The van der Waals surface area contributed by atoms with E-state index in [9.17, 15) is 10.1 Å². The maximum absolute atomic E-state index is 10.0. The number of hydrogen-bond donors (Lipinski definition) is 0. The van der Waals surface area contributed by atoms with Crippen LogP contribution in [0.25, 0.3) is 6.08 Å². The Hall–Kier alpha value is -1.29. The van der Waals surface area contributed by atoms with Gasteiger partial charge >= 0.3 is 0 Å². The fraction of sp³-hybridized carbons (Fsp3) is 0.111. The molecule has 0 bridgehead atoms. The average molecular weight is 195 g/mol. The van der Waals surface area contributed by atoms with Crippen molar-refractivity contribution in [3.05, 3.63) is 46.1 Å². The van der Waals surface area contributed by atoms with Crippen molar-refractivity contribution in [2.45, 2.75) is 4.90 Å². The van der Waals surface area contributed by atoms with Crippen LogP contribution in [0.15, 0.2) is 35.4 Å². The number of rotatable bonds is 3. The molecule has 0 saturated carbocycles. The monoisotopic (exact) mass is 195 g/mol. The molecule has 0 fully saturated rings. The molecule has 3 nitrogen and oxygen atoms in total. The van der Waals surface area contributed by atoms with Gasteiger partial charge in [-0.2, -0.15) is 0 Å². The van der Waals surface area contributed by atoms with Crippen LogP contribution in [0, 0.1) is 10.1 Å². The smallest absolute Gasteiger partial charge is 0.235 e. The minimum Gasteiger partial charge on any atom is -0.259 e. The van der Waals surface area contributed by atoms with Crippen LogP contribution in [-0.2, 0) is 0 Å². The van der Waals surface area contributed by atoms with Crippen LogP contribution in [0.4, 0.5) is 0 Å². The highest BCUT2D eigenvalue weighted by Crippen LogP contribution is 2.15. The van der Waals surface area contributed by atoms with Gasteiger partial charge in [0.2, 0.25) is 6.20 Å². The first-order valence-electron chi connectivity index (χ1n) is 3.68. The zero-order valence-corrected chi connectivity index (χ0v) is 7.95. The van der Waals surface area contributed by atoms with E-state index in [0.29, 0.717) is 0 Å². The fourth-order valence-electron chi connectivity index (χ4n) is 0.862. The van der Waals surface area contributed by atoms with E-state index in [1.165, 1.54) is 6.08 Å². The first-order chi connectivity index (χ1) is 6.22. The summed E-state index contributed by atoms with van der Waals surface area (Å²) in [5, 5.41) is 10.0. The summed E-state index contributed by atoms with van der Waals surface area (Å²) < 4.78 is 0. The minimum atomic E-state index is -0.470. The molecule has 0 atom stereocenters. The zero-order valence-electron chi connectivity index (χ0n) is 7.14. The first-order valence-corrected chi connectivity index (χ1v) is 4.90. The van der Waals surface area contributed by atoms with Crippen LogP contribution in [0.2, 0.25) is 0 Å². The Morgan fingerprint density at radius 3 is 2.46 bits per heavy atom. The summed E-state index contributed by atoms with van der Waals surface area (Å²) in [6, 6.07) is 7.58. The third-order valence-corrected chi connectivity index (χ3v) is 2.25. The average Bonchev–Trinajstić information content (AvgIpc) is 2.15. The first kappa shape index (κ1) is 9.80. The summed E-state index contributed by atoms with van der Waals surface area (Å²) >= 11 is 1.64. The standard InChI is InChI=1S/C9H9NO2S/c1-13-9-4-2-8(3-5-9)6-7-10(11)12/h2-7H,1H3. The molecular formula is C9H9NO2S. The van der Waals surface area contributed by atoms with Gasteiger partial charge in [-0.3, -0.25) is 10.1 Å². The molecule has 0 aliphatic rings. The molecule has 68 valence electrons. The normalized spacial score (nSPS) is 10.5. The van der Waals surface area contributed by atoms with E-state index < -0.39 is 4.92 Å². The Morgan fingerprint density at radius 2 is 2.00 bits per heavy atom. The number of thioether (sulfide) groups is 1. The van der Waals surface area contributed by atoms with Gasteiger partial charge in [0.05, 0.1) is 4.92 Å². The third-order valence-electron chi connectivity index (χ3n) is 1.50. The van der Waals surface area contributed by atoms with Crippen molar-refractivity contribution in [2.24, 2.45) is 0 Å². The summed E-state index contributed by atoms with van der Waals surface area (Å²) in [4.78, 5) is 10.7. The van der Waals surface area contributed by atoms with Gasteiger partial charge in [-0.1, -0.05) is 12.1 Å². The maximum atomic E-state index is 10.0. The van der Waals surface area contributed by atoms with Gasteiger partial charge in [0, 0.05) is 11.0 Å². The largest absolute Gasteiger partial charge is 0.259 e. The summed E-state index contributed by atoms with van der Waals surface area (Å²) in [7, 11) is 0. The predicted octanol–water partition coefficient (Wildman–Crippen LogP) is 2.66. The highest BCUT2D eigenvalue weighted by atomic mass is 32.2. The predicted molar refractivity (Wildman–Crippen MR) is 54.3 cm³/mol. The van der Waals surface area contributed by atoms with Crippen LogP contribution in [0.3, 0.4) is 0 Å². The van der Waals surface area contributed by atoms with E-state index in [0.717, 1.165) is 16.7 Å². The fourth-order valence-corrected chi connectivity index (χ4v) is 1.27. The highest BCUT2D eigenvalue weighted by Gasteiger charge is 1.91. The van der Waals surface area contributed by atoms with Gasteiger partial charge in [-0.05, 0) is 24.0 Å². The van der Waals surface area contributed by atoms with Crippen molar-refractivity contribution in [3.63, 3.8) is 0 Å². The third kappa shape index (κ3) is 3.29. The lowest BCUT2D eigenvalue weighted by molar-refractivity contribution is -0.400. The molecule has 1 rings (SSSR count). The molecule has 0 aliphatic carbocycles. The molecule has 0 amide bonds. The number of nitro groups is 1. The Kier molecular flexibility index (Phi) is 3.52. The topological polar surface area (TPSA) is 43.1 Å². The van der Waals surface area contributed by atoms with Crippen LogP contribution in [0.5, 0.6) is 0 Å². The molecule has 0 unspecified atom stereocenters. The SMILES string of the molecule is CSc1ccc(C=C[N+](=O)[O-])cc1. The van der Waals surface area contributed by atoms with Crippen LogP contribution in [0.1, 0.15) is 5.56 Å². The molecule has 0 heterocycles. The van der Waals surface area contributed by atoms with Gasteiger partial charge in [0.25, 0.3) is 0 Å². The van der Waals surface area contributed by atoms with Crippen molar-refractivity contribution < 1.29 is 4.92 Å². The van der Waals surface area contributed by atoms with Crippen molar-refractivity contribution in [2.75, 3.05) is 6.26 Å². The molecule has 0 radical (unpaired) electrons. The number of hydrogen-bond acceptors (Lipinski definition) is 3. The molecule has 13 heavy (non-hydrogen) atoms. The second kappa shape index (κ2) is 4.67. The number of nitrogens with zero attached hydrogens (tertiary/aromatic N) is 1. The lowest BCUT2D eigenvalue weighted by Gasteiger charge is -1.95. The molecule has 0 aliphatic heterocycles. The van der Waals surface area contributed by atoms with E-state index in [4.69, 9.17) is 0 Å². The van der Waals surface area contributed by atoms with Gasteiger partial charge < -0.3 is 0 Å². The van der Waals surface area contributed by atoms with E-state index in [1.807, 2.05) is 30.5 Å². The lowest BCUT2D eigenvalue weighted by atomic mass is 10.2. The van der Waals surface area contributed by atoms with Crippen LogP contribution in [-0.4, -0.2) is 11.2 Å². The Bertz CT molecular complexity index is 319. The van der Waals surface area contributed by atoms with E-state index in [-0.39, 0.29) is 0 Å². The maximum Gasteiger partial charge on any atom is 0.235 e. The van der Waals surface area contributed by atoms with E-state index in [1.54, 1.807) is 11.8 Å². The molecule has 0 saturated heterocycles. The zero-order chi connectivity index (χ0) is 9.68. The molecule has 4 heteroatoms. The lowest BCUT2D eigenvalue weighted by Crippen LogP contribution is -1.82. The Morgan fingerprint density at radius 1 is 1.38 bits per heavy atom. The minimum absolute atomic E-state index is 0.470. The second-order valence-corrected chi connectivity index (χ2v) is 3.25. The molecule has 1 aromatic carbocycles. The van der Waals surface area contributed by atoms with Crippen molar-refractivity contribution in [1.82, 2.24) is 0 Å². The van der Waals surface area contributed by atoms with E-state index in [2.05, 4.69) is 0 Å². The highest BCUT2D eigenvalue weighted by molar-refractivity contribution is 7.98. The Balaban J connectivity index is 2.75. The van der Waals surface area contributed by atoms with Crippen molar-refractivity contribution in [3.8, 4) is 0 Å². The van der Waals surface area contributed by atoms with Gasteiger partial charge in [-0.25, -0.2) is 0 Å². The quantitative estimate of drug-likeness (QED) is 0.423. The Labute approximate surface area is 80.6 Å². The summed E-state index contributed by atoms with van der Waals surface area (Å²) in [6.45, 7) is 0. The van der Waals surface area contributed by atoms with Gasteiger partial charge in [0.15, 0.2) is 0 Å². The molecule has 0 N–H and O–H groups in total. The van der Waals surface area contributed by atoms with Gasteiger partial charge in [-0.15, -0.1) is 11.8 Å². The van der Waals surface area contributed by atoms with Crippen molar-refractivity contribution in [1.29, 1.82) is 0 Å². The number of benzene rings is 1. The molecule has 0 spiro atoms. The van der Waals surface area contributed by atoms with Crippen LogP contribution < -0.4 is 0 Å². The van der Waals surface area contributed by atoms with Crippen molar-refractivity contribution >= 4 is 17.8 Å². The van der Waals surface area contributed by atoms with Gasteiger partial charge in [0.1, 0.15) is 0 Å². The van der Waals surface area contributed by atoms with Crippen LogP contribution >= 0.6 is 11.8 Å². The summed E-state index contributed by atoms with van der Waals surface area (Å²) in [5.74, 6) is 0. The van der Waals surface area contributed by atoms with E-state index >= 15 is 0 Å². The summed E-state index contributed by atoms with van der Waals surface area (Å²) in [5.41, 5.74) is 0.842.